The van der Waals surface area contributed by atoms with E-state index >= 15 is 0 Å². The predicted molar refractivity (Wildman–Crippen MR) is 226 cm³/mol. The summed E-state index contributed by atoms with van der Waals surface area (Å²) in [6.07, 6.45) is 12.3. The second kappa shape index (κ2) is 14.8. The maximum atomic E-state index is 5.21. The monoisotopic (exact) mass is 673 g/mol. The SMILES string of the molecule is C=CC1=C(C=C)c2ccccc2N(c2cc(C(/C=C\C)=C/C)c(-c3ccc(-n4c5ccccc5c5ccccc54)cc3)cn2)c2ccccc21.CC. The van der Waals surface area contributed by atoms with E-state index in [1.807, 2.05) is 32.2 Å². The summed E-state index contributed by atoms with van der Waals surface area (Å²) in [6.45, 7) is 16.6. The van der Waals surface area contributed by atoms with Crippen LogP contribution in [0.1, 0.15) is 44.4 Å². The van der Waals surface area contributed by atoms with Crippen LogP contribution in [0.3, 0.4) is 0 Å². The molecule has 7 aromatic rings. The molecule has 52 heavy (non-hydrogen) atoms. The number of anilines is 3. The second-order valence-corrected chi connectivity index (χ2v) is 12.4. The number of benzene rings is 5. The summed E-state index contributed by atoms with van der Waals surface area (Å²) in [5.74, 6) is 0.836. The molecule has 2 aromatic heterocycles. The molecule has 1 aliphatic rings. The minimum Gasteiger partial charge on any atom is -0.309 e. The molecule has 1 aliphatic heterocycles. The molecule has 254 valence electrons. The van der Waals surface area contributed by atoms with Crippen molar-refractivity contribution in [3.63, 3.8) is 0 Å². The third-order valence-corrected chi connectivity index (χ3v) is 9.67. The molecule has 0 N–H and O–H groups in total. The molecule has 5 aromatic carbocycles. The average Bonchev–Trinajstić information content (AvgIpc) is 3.48. The number of nitrogens with zero attached hydrogens (tertiary/aromatic N) is 3. The summed E-state index contributed by atoms with van der Waals surface area (Å²) < 4.78 is 2.35. The first-order valence-corrected chi connectivity index (χ1v) is 18.0. The summed E-state index contributed by atoms with van der Waals surface area (Å²) in [7, 11) is 0. The fourth-order valence-corrected chi connectivity index (χ4v) is 7.45. The highest BCUT2D eigenvalue weighted by molar-refractivity contribution is 6.10. The van der Waals surface area contributed by atoms with Gasteiger partial charge in [0.1, 0.15) is 5.82 Å². The van der Waals surface area contributed by atoms with Crippen LogP contribution in [0.15, 0.2) is 177 Å². The van der Waals surface area contributed by atoms with E-state index in [2.05, 4.69) is 182 Å². The molecule has 0 bridgehead atoms. The van der Waals surface area contributed by atoms with Crippen molar-refractivity contribution in [1.82, 2.24) is 9.55 Å². The van der Waals surface area contributed by atoms with Gasteiger partial charge in [0.2, 0.25) is 0 Å². The van der Waals surface area contributed by atoms with Gasteiger partial charge >= 0.3 is 0 Å². The lowest BCUT2D eigenvalue weighted by atomic mass is 9.95. The van der Waals surface area contributed by atoms with Crippen molar-refractivity contribution < 1.29 is 0 Å². The first-order chi connectivity index (χ1) is 25.7. The lowest BCUT2D eigenvalue weighted by Crippen LogP contribution is -2.14. The Bertz CT molecular complexity index is 2420. The van der Waals surface area contributed by atoms with E-state index in [1.54, 1.807) is 0 Å². The molecule has 3 heteroatoms. The minimum absolute atomic E-state index is 0.836. The highest BCUT2D eigenvalue weighted by Crippen LogP contribution is 2.48. The van der Waals surface area contributed by atoms with E-state index in [0.717, 1.165) is 67.4 Å². The number of hydrogen-bond acceptors (Lipinski definition) is 2. The Labute approximate surface area is 307 Å². The number of fused-ring (bicyclic) bond motifs is 5. The van der Waals surface area contributed by atoms with Gasteiger partial charge in [0.25, 0.3) is 0 Å². The van der Waals surface area contributed by atoms with Gasteiger partial charge in [0, 0.05) is 39.3 Å². The van der Waals surface area contributed by atoms with Crippen LogP contribution in [-0.4, -0.2) is 9.55 Å². The Hall–Kier alpha value is -6.45. The summed E-state index contributed by atoms with van der Waals surface area (Å²) >= 11 is 0. The highest BCUT2D eigenvalue weighted by atomic mass is 15.2. The predicted octanol–water partition coefficient (Wildman–Crippen LogP) is 13.9. The van der Waals surface area contributed by atoms with Gasteiger partial charge < -0.3 is 4.57 Å². The fraction of sp³-hybridized carbons (Fsp3) is 0.0816. The number of allylic oxidation sites excluding steroid dienone is 8. The first kappa shape index (κ1) is 34.0. The van der Waals surface area contributed by atoms with Crippen molar-refractivity contribution in [2.24, 2.45) is 0 Å². The van der Waals surface area contributed by atoms with Crippen molar-refractivity contribution >= 4 is 55.7 Å². The van der Waals surface area contributed by atoms with Gasteiger partial charge in [0.15, 0.2) is 0 Å². The van der Waals surface area contributed by atoms with Crippen molar-refractivity contribution in [3.8, 4) is 16.8 Å². The van der Waals surface area contributed by atoms with E-state index in [4.69, 9.17) is 4.98 Å². The minimum atomic E-state index is 0.836. The molecule has 0 unspecified atom stereocenters. The van der Waals surface area contributed by atoms with Crippen LogP contribution in [-0.2, 0) is 0 Å². The van der Waals surface area contributed by atoms with Crippen LogP contribution in [0.2, 0.25) is 0 Å². The molecule has 0 spiro atoms. The van der Waals surface area contributed by atoms with E-state index in [-0.39, 0.29) is 0 Å². The van der Waals surface area contributed by atoms with Crippen LogP contribution >= 0.6 is 0 Å². The number of aromatic nitrogens is 2. The zero-order valence-electron chi connectivity index (χ0n) is 30.3. The van der Waals surface area contributed by atoms with Gasteiger partial charge in [-0.2, -0.15) is 0 Å². The molecule has 3 nitrogen and oxygen atoms in total. The zero-order chi connectivity index (χ0) is 36.2. The lowest BCUT2D eigenvalue weighted by molar-refractivity contribution is 1.17. The quantitative estimate of drug-likeness (QED) is 0.157. The van der Waals surface area contributed by atoms with Crippen molar-refractivity contribution in [3.05, 3.63) is 194 Å². The van der Waals surface area contributed by atoms with Crippen LogP contribution in [0.25, 0.3) is 55.3 Å². The number of para-hydroxylation sites is 4. The van der Waals surface area contributed by atoms with Gasteiger partial charge in [-0.15, -0.1) is 0 Å². The summed E-state index contributed by atoms with van der Waals surface area (Å²) in [5, 5.41) is 2.51. The molecule has 0 atom stereocenters. The van der Waals surface area contributed by atoms with Crippen LogP contribution in [0.5, 0.6) is 0 Å². The second-order valence-electron chi connectivity index (χ2n) is 12.4. The van der Waals surface area contributed by atoms with E-state index in [9.17, 15) is 0 Å². The topological polar surface area (TPSA) is 21.1 Å². The summed E-state index contributed by atoms with van der Waals surface area (Å²) in [6, 6.07) is 45.3. The number of hydrogen-bond donors (Lipinski definition) is 0. The Kier molecular flexibility index (Phi) is 9.68. The molecule has 8 rings (SSSR count). The van der Waals surface area contributed by atoms with Crippen molar-refractivity contribution in [1.29, 1.82) is 0 Å². The van der Waals surface area contributed by atoms with Gasteiger partial charge in [0.05, 0.1) is 22.4 Å². The molecule has 0 saturated heterocycles. The van der Waals surface area contributed by atoms with Crippen molar-refractivity contribution in [2.45, 2.75) is 27.7 Å². The van der Waals surface area contributed by atoms with E-state index < -0.39 is 0 Å². The molecular formula is C49H43N3. The Morgan fingerprint density at radius 1 is 0.615 bits per heavy atom. The van der Waals surface area contributed by atoms with Crippen LogP contribution < -0.4 is 4.90 Å². The smallest absolute Gasteiger partial charge is 0.138 e. The zero-order valence-corrected chi connectivity index (χ0v) is 30.3. The summed E-state index contributed by atoms with van der Waals surface area (Å²) in [4.78, 5) is 7.48. The Morgan fingerprint density at radius 3 is 1.65 bits per heavy atom. The van der Waals surface area contributed by atoms with E-state index in [0.29, 0.717) is 0 Å². The number of pyridine rings is 1. The lowest BCUT2D eigenvalue weighted by Gasteiger charge is -2.27. The summed E-state index contributed by atoms with van der Waals surface area (Å²) in [5.41, 5.74) is 14.3. The molecule has 0 amide bonds. The van der Waals surface area contributed by atoms with Gasteiger partial charge in [-0.25, -0.2) is 4.98 Å². The van der Waals surface area contributed by atoms with Crippen molar-refractivity contribution in [2.75, 3.05) is 4.90 Å². The number of rotatable bonds is 7. The normalized spacial score (nSPS) is 12.7. The van der Waals surface area contributed by atoms with Gasteiger partial charge in [-0.05, 0) is 84.2 Å². The molecule has 3 heterocycles. The van der Waals surface area contributed by atoms with Gasteiger partial charge in [-0.3, -0.25) is 4.90 Å². The van der Waals surface area contributed by atoms with Crippen LogP contribution in [0.4, 0.5) is 17.2 Å². The molecule has 0 radical (unpaired) electrons. The molecule has 0 saturated carbocycles. The fourth-order valence-electron chi connectivity index (χ4n) is 7.45. The molecule has 0 aliphatic carbocycles. The average molecular weight is 674 g/mol. The third-order valence-electron chi connectivity index (χ3n) is 9.67. The Balaban J connectivity index is 0.00000207. The van der Waals surface area contributed by atoms with E-state index in [1.165, 1.54) is 21.8 Å². The largest absolute Gasteiger partial charge is 0.309 e. The molecular weight excluding hydrogens is 631 g/mol. The van der Waals surface area contributed by atoms with Gasteiger partial charge in [-0.1, -0.05) is 142 Å². The molecule has 0 fully saturated rings. The van der Waals surface area contributed by atoms with Crippen LogP contribution in [0, 0.1) is 0 Å². The Morgan fingerprint density at radius 2 is 1.13 bits per heavy atom. The third kappa shape index (κ3) is 5.71. The maximum Gasteiger partial charge on any atom is 0.138 e. The maximum absolute atomic E-state index is 5.21. The first-order valence-electron chi connectivity index (χ1n) is 18.0. The standard InChI is InChI=1S/C47H37N3.C2H6/c1-5-17-32(6-2)41-30-47(50-45-24-15-9-18-37(45)35(7-3)36(8-4)38-19-10-16-25-46(38)50)48-31-42(41)33-26-28-34(29-27-33)49-43-22-13-11-20-39(43)40-21-12-14-23-44(40)49;1-2/h5-31H,3-4H2,1-2H3;1-2H3/b17-5-,32-6+;. The highest BCUT2D eigenvalue weighted by Gasteiger charge is 2.27.